The molecule has 1 amide bonds. The van der Waals surface area contributed by atoms with Gasteiger partial charge in [0, 0.05) is 68.6 Å². The number of hydrogen-bond acceptors (Lipinski definition) is 8. The second kappa shape index (κ2) is 12.4. The summed E-state index contributed by atoms with van der Waals surface area (Å²) in [7, 11) is 0. The van der Waals surface area contributed by atoms with Crippen molar-refractivity contribution in [1.29, 1.82) is 0 Å². The molecule has 11 nitrogen and oxygen atoms in total. The number of aromatic nitrogens is 6. The Labute approximate surface area is 262 Å². The average Bonchev–Trinajstić information content (AvgIpc) is 3.71. The van der Waals surface area contributed by atoms with E-state index >= 15 is 0 Å². The topological polar surface area (TPSA) is 100 Å². The van der Waals surface area contributed by atoms with Crippen molar-refractivity contribution in [1.82, 2.24) is 45.1 Å². The van der Waals surface area contributed by atoms with Gasteiger partial charge in [-0.2, -0.15) is 5.10 Å². The number of alkyl halides is 2. The summed E-state index contributed by atoms with van der Waals surface area (Å²) < 4.78 is 32.4. The Morgan fingerprint density at radius 2 is 1.82 bits per heavy atom. The molecule has 0 radical (unpaired) electrons. The Hall–Kier alpha value is -3.45. The number of likely N-dealkylation sites (tertiary alicyclic amines) is 1. The van der Waals surface area contributed by atoms with Crippen LogP contribution in [-0.4, -0.2) is 91.5 Å². The van der Waals surface area contributed by atoms with Crippen molar-refractivity contribution in [3.05, 3.63) is 40.8 Å². The molecule has 0 saturated carbocycles. The lowest BCUT2D eigenvalue weighted by molar-refractivity contribution is -0.129. The Morgan fingerprint density at radius 1 is 1.04 bits per heavy atom. The molecular formula is C32H44F2N10O. The summed E-state index contributed by atoms with van der Waals surface area (Å²) in [5.41, 5.74) is 4.14. The minimum absolute atomic E-state index is 0.0409. The largest absolute Gasteiger partial charge is 0.338 e. The predicted molar refractivity (Wildman–Crippen MR) is 166 cm³/mol. The fourth-order valence-corrected chi connectivity index (χ4v) is 8.12. The zero-order chi connectivity index (χ0) is 31.2. The third kappa shape index (κ3) is 5.73. The standard InChI is InChI=1S/C32H44F2N10O/c1-20-15-35-16-21(2)26(20)17-40-10-6-24(7-11-40)44-28-8-12-41(22(3)45)18-27(28)32(37-44)42-9-4-5-23-13-30(43-19-36-38-39-43)25(31(33)34)14-29(23)42/h13-14,19-21,24,26,31,35H,4-12,15-18H2,1-3H3/t20-,21+,26?. The molecule has 4 aliphatic rings. The molecule has 242 valence electrons. The highest BCUT2D eigenvalue weighted by Crippen LogP contribution is 2.42. The number of nitrogens with zero attached hydrogens (tertiary/aromatic N) is 9. The second-order valence-corrected chi connectivity index (χ2v) is 13.5. The maximum Gasteiger partial charge on any atom is 0.266 e. The van der Waals surface area contributed by atoms with Crippen molar-refractivity contribution in [3.8, 4) is 5.69 Å². The number of fused-ring (bicyclic) bond motifs is 2. The van der Waals surface area contributed by atoms with Crippen LogP contribution in [-0.2, 0) is 24.2 Å². The molecule has 1 N–H and O–H groups in total. The van der Waals surface area contributed by atoms with Gasteiger partial charge in [-0.15, -0.1) is 5.10 Å². The molecule has 6 heterocycles. The van der Waals surface area contributed by atoms with Crippen LogP contribution >= 0.6 is 0 Å². The van der Waals surface area contributed by atoms with Gasteiger partial charge in [-0.05, 0) is 84.6 Å². The number of benzene rings is 1. The maximum atomic E-state index is 14.4. The highest BCUT2D eigenvalue weighted by molar-refractivity contribution is 5.75. The quantitative estimate of drug-likeness (QED) is 0.442. The van der Waals surface area contributed by atoms with Gasteiger partial charge in [0.15, 0.2) is 5.82 Å². The van der Waals surface area contributed by atoms with E-state index in [1.165, 1.54) is 16.7 Å². The number of anilines is 2. The van der Waals surface area contributed by atoms with E-state index in [2.05, 4.69) is 49.2 Å². The molecule has 13 heteroatoms. The summed E-state index contributed by atoms with van der Waals surface area (Å²) in [4.78, 5) is 19.1. The van der Waals surface area contributed by atoms with Gasteiger partial charge < -0.3 is 20.0 Å². The Kier molecular flexibility index (Phi) is 8.32. The highest BCUT2D eigenvalue weighted by atomic mass is 19.3. The molecule has 3 aromatic rings. The van der Waals surface area contributed by atoms with Crippen molar-refractivity contribution in [2.24, 2.45) is 17.8 Å². The summed E-state index contributed by atoms with van der Waals surface area (Å²) >= 11 is 0. The van der Waals surface area contributed by atoms with Crippen molar-refractivity contribution >= 4 is 17.4 Å². The van der Waals surface area contributed by atoms with Gasteiger partial charge in [0.05, 0.1) is 18.3 Å². The summed E-state index contributed by atoms with van der Waals surface area (Å²) in [5.74, 6) is 2.91. The molecule has 0 aliphatic carbocycles. The first-order valence-electron chi connectivity index (χ1n) is 16.5. The number of carbonyl (C=O) groups is 1. The first-order chi connectivity index (χ1) is 21.8. The SMILES string of the molecule is CC(=O)N1CCc2c(c(N3CCCc4cc(-n5cnnn5)c(C(F)F)cc43)nn2C2CCN(CC3[C@H](C)CNC[C@@H]3C)CC2)C1. The monoisotopic (exact) mass is 622 g/mol. The van der Waals surface area contributed by atoms with Crippen molar-refractivity contribution in [2.45, 2.75) is 71.9 Å². The molecule has 2 fully saturated rings. The van der Waals surface area contributed by atoms with Crippen LogP contribution in [0.3, 0.4) is 0 Å². The van der Waals surface area contributed by atoms with Gasteiger partial charge in [-0.1, -0.05) is 13.8 Å². The first kappa shape index (κ1) is 30.2. The average molecular weight is 623 g/mol. The van der Waals surface area contributed by atoms with E-state index in [0.717, 1.165) is 87.5 Å². The number of halogens is 2. The fourth-order valence-electron chi connectivity index (χ4n) is 8.12. The van der Waals surface area contributed by atoms with E-state index in [9.17, 15) is 13.6 Å². The zero-order valence-electron chi connectivity index (χ0n) is 26.5. The normalized spacial score (nSPS) is 24.6. The number of piperidine rings is 2. The summed E-state index contributed by atoms with van der Waals surface area (Å²) in [6.45, 7) is 13.6. The number of amides is 1. The van der Waals surface area contributed by atoms with E-state index in [1.807, 2.05) is 4.90 Å². The minimum Gasteiger partial charge on any atom is -0.338 e. The van der Waals surface area contributed by atoms with Gasteiger partial charge in [0.25, 0.3) is 6.43 Å². The van der Waals surface area contributed by atoms with E-state index < -0.39 is 6.43 Å². The zero-order valence-corrected chi connectivity index (χ0v) is 26.5. The van der Waals surface area contributed by atoms with E-state index in [-0.39, 0.29) is 17.5 Å². The smallest absolute Gasteiger partial charge is 0.266 e. The third-order valence-corrected chi connectivity index (χ3v) is 10.7. The maximum absolute atomic E-state index is 14.4. The van der Waals surface area contributed by atoms with Gasteiger partial charge in [-0.3, -0.25) is 9.48 Å². The van der Waals surface area contributed by atoms with Gasteiger partial charge in [0.2, 0.25) is 5.91 Å². The van der Waals surface area contributed by atoms with Crippen LogP contribution in [0.4, 0.5) is 20.3 Å². The van der Waals surface area contributed by atoms with Crippen LogP contribution in [0.25, 0.3) is 5.69 Å². The van der Waals surface area contributed by atoms with E-state index in [0.29, 0.717) is 43.1 Å². The van der Waals surface area contributed by atoms with Crippen molar-refractivity contribution in [3.63, 3.8) is 0 Å². The minimum atomic E-state index is -2.70. The van der Waals surface area contributed by atoms with Gasteiger partial charge >= 0.3 is 0 Å². The fraction of sp³-hybridized carbons (Fsp3) is 0.656. The molecule has 4 aliphatic heterocycles. The lowest BCUT2D eigenvalue weighted by Gasteiger charge is -2.41. The number of nitrogens with one attached hydrogen (secondary N) is 1. The van der Waals surface area contributed by atoms with Crippen LogP contribution < -0.4 is 10.2 Å². The van der Waals surface area contributed by atoms with Crippen LogP contribution in [0.1, 0.15) is 74.9 Å². The van der Waals surface area contributed by atoms with Crippen LogP contribution in [0.15, 0.2) is 18.5 Å². The van der Waals surface area contributed by atoms with E-state index in [1.54, 1.807) is 19.1 Å². The molecular weight excluding hydrogens is 578 g/mol. The molecule has 1 aromatic carbocycles. The Bertz CT molecular complexity index is 1510. The molecule has 3 atom stereocenters. The summed E-state index contributed by atoms with van der Waals surface area (Å²) in [6.07, 6.45) is 3.08. The second-order valence-electron chi connectivity index (χ2n) is 13.5. The molecule has 2 saturated heterocycles. The number of aryl methyl sites for hydroxylation is 1. The number of carbonyl (C=O) groups excluding carboxylic acids is 1. The Morgan fingerprint density at radius 3 is 2.51 bits per heavy atom. The van der Waals surface area contributed by atoms with Crippen molar-refractivity contribution < 1.29 is 13.6 Å². The first-order valence-corrected chi connectivity index (χ1v) is 16.5. The lowest BCUT2D eigenvalue weighted by atomic mass is 9.80. The molecule has 0 bridgehead atoms. The van der Waals surface area contributed by atoms with Gasteiger partial charge in [-0.25, -0.2) is 13.5 Å². The number of tetrazole rings is 1. The van der Waals surface area contributed by atoms with Crippen LogP contribution in [0.2, 0.25) is 0 Å². The Balaban J connectivity index is 1.20. The lowest BCUT2D eigenvalue weighted by Crippen LogP contribution is -2.47. The molecule has 0 spiro atoms. The predicted octanol–water partition coefficient (Wildman–Crippen LogP) is 3.91. The molecule has 1 unspecified atom stereocenters. The molecule has 2 aromatic heterocycles. The number of hydrogen-bond donors (Lipinski definition) is 1. The van der Waals surface area contributed by atoms with Crippen LogP contribution in [0.5, 0.6) is 0 Å². The van der Waals surface area contributed by atoms with E-state index in [4.69, 9.17) is 5.10 Å². The molecule has 7 rings (SSSR count). The van der Waals surface area contributed by atoms with Gasteiger partial charge in [0.1, 0.15) is 6.33 Å². The third-order valence-electron chi connectivity index (χ3n) is 10.7. The molecule has 45 heavy (non-hydrogen) atoms. The number of rotatable bonds is 6. The van der Waals surface area contributed by atoms with Crippen LogP contribution in [0, 0.1) is 17.8 Å². The highest BCUT2D eigenvalue weighted by Gasteiger charge is 2.36. The summed E-state index contributed by atoms with van der Waals surface area (Å²) in [5, 5.41) is 20.1. The van der Waals surface area contributed by atoms with Crippen molar-refractivity contribution in [2.75, 3.05) is 50.7 Å². The summed E-state index contributed by atoms with van der Waals surface area (Å²) in [6, 6.07) is 3.66.